The van der Waals surface area contributed by atoms with Gasteiger partial charge >= 0.3 is 0 Å². The van der Waals surface area contributed by atoms with Gasteiger partial charge in [0.25, 0.3) is 5.69 Å². The van der Waals surface area contributed by atoms with Gasteiger partial charge in [0.2, 0.25) is 5.95 Å². The predicted octanol–water partition coefficient (Wildman–Crippen LogP) is 4.51. The van der Waals surface area contributed by atoms with Gasteiger partial charge in [-0.2, -0.15) is 5.10 Å². The number of aryl methyl sites for hydroxylation is 2. The number of carbonyl (C=O) groups excluding carboxylic acids is 1. The van der Waals surface area contributed by atoms with E-state index in [2.05, 4.69) is 10.3 Å². The standard InChI is InChI=1S/C28H34N8O3/c1-7-20(37)15-19-17-29-28(31-26(19)27-21-10-8-9-11-23(21)35(6)32-27)30-22-16-25(36(38)39)24(14-18(22)2)34(5)13-12-33(3)4/h8-11,14,16-17H,7,12-13,15H2,1-6H3,(H,29,30,31). The Balaban J connectivity index is 1.76. The van der Waals surface area contributed by atoms with E-state index in [1.54, 1.807) is 16.9 Å². The number of para-hydroxylation sites is 1. The first-order chi connectivity index (χ1) is 18.6. The molecule has 4 rings (SSSR count). The molecule has 0 bridgehead atoms. The molecular formula is C28H34N8O3. The molecule has 0 fully saturated rings. The number of fused-ring (bicyclic) bond motifs is 1. The summed E-state index contributed by atoms with van der Waals surface area (Å²) in [5, 5.41) is 20.8. The number of benzene rings is 2. The van der Waals surface area contributed by atoms with Gasteiger partial charge in [-0.05, 0) is 38.7 Å². The van der Waals surface area contributed by atoms with Gasteiger partial charge in [0.15, 0.2) is 0 Å². The fraction of sp³-hybridized carbons (Fsp3) is 0.357. The van der Waals surface area contributed by atoms with E-state index in [0.29, 0.717) is 41.3 Å². The van der Waals surface area contributed by atoms with Crippen molar-refractivity contribution in [2.24, 2.45) is 7.05 Å². The Labute approximate surface area is 227 Å². The lowest BCUT2D eigenvalue weighted by molar-refractivity contribution is -0.384. The van der Waals surface area contributed by atoms with Crippen LogP contribution < -0.4 is 10.2 Å². The van der Waals surface area contributed by atoms with Crippen molar-refractivity contribution in [2.75, 3.05) is 44.4 Å². The van der Waals surface area contributed by atoms with Crippen molar-refractivity contribution < 1.29 is 9.72 Å². The molecule has 2 aromatic heterocycles. The number of hydrogen-bond acceptors (Lipinski definition) is 9. The first kappa shape index (κ1) is 27.6. The van der Waals surface area contributed by atoms with Crippen molar-refractivity contribution in [3.8, 4) is 11.4 Å². The topological polar surface area (TPSA) is 122 Å². The van der Waals surface area contributed by atoms with Crippen molar-refractivity contribution >= 4 is 39.7 Å². The highest BCUT2D eigenvalue weighted by atomic mass is 16.6. The van der Waals surface area contributed by atoms with Crippen LogP contribution >= 0.6 is 0 Å². The Morgan fingerprint density at radius 2 is 1.87 bits per heavy atom. The number of nitrogens with zero attached hydrogens (tertiary/aromatic N) is 7. The van der Waals surface area contributed by atoms with Crippen molar-refractivity contribution in [2.45, 2.75) is 26.7 Å². The smallest absolute Gasteiger partial charge is 0.294 e. The van der Waals surface area contributed by atoms with Gasteiger partial charge in [0.05, 0.1) is 16.1 Å². The zero-order valence-electron chi connectivity index (χ0n) is 23.2. The minimum atomic E-state index is -0.377. The number of rotatable bonds is 11. The monoisotopic (exact) mass is 530 g/mol. The minimum Gasteiger partial charge on any atom is -0.368 e. The van der Waals surface area contributed by atoms with Gasteiger partial charge in [-0.1, -0.05) is 25.1 Å². The third-order valence-electron chi connectivity index (χ3n) is 6.69. The van der Waals surface area contributed by atoms with Crippen molar-refractivity contribution in [1.82, 2.24) is 24.6 Å². The van der Waals surface area contributed by atoms with Gasteiger partial charge in [0.1, 0.15) is 22.9 Å². The van der Waals surface area contributed by atoms with E-state index in [4.69, 9.17) is 10.1 Å². The molecule has 0 spiro atoms. The van der Waals surface area contributed by atoms with Gasteiger partial charge in [-0.3, -0.25) is 19.6 Å². The van der Waals surface area contributed by atoms with E-state index in [9.17, 15) is 14.9 Å². The quantitative estimate of drug-likeness (QED) is 0.220. The van der Waals surface area contributed by atoms with Crippen molar-refractivity contribution in [3.63, 3.8) is 0 Å². The van der Waals surface area contributed by atoms with Crippen molar-refractivity contribution in [1.29, 1.82) is 0 Å². The molecule has 11 heteroatoms. The molecule has 0 unspecified atom stereocenters. The van der Waals surface area contributed by atoms with Crippen LogP contribution in [0.3, 0.4) is 0 Å². The van der Waals surface area contributed by atoms with Crippen molar-refractivity contribution in [3.05, 3.63) is 63.8 Å². The second-order valence-electron chi connectivity index (χ2n) is 9.89. The van der Waals surface area contributed by atoms with Crippen LogP contribution in [0.1, 0.15) is 24.5 Å². The Hall–Kier alpha value is -4.38. The van der Waals surface area contributed by atoms with Gasteiger partial charge in [-0.15, -0.1) is 0 Å². The third-order valence-corrected chi connectivity index (χ3v) is 6.69. The van der Waals surface area contributed by atoms with Crippen LogP contribution in [0.25, 0.3) is 22.3 Å². The molecule has 0 aliphatic carbocycles. The highest BCUT2D eigenvalue weighted by Crippen LogP contribution is 2.35. The number of nitrogens with one attached hydrogen (secondary N) is 1. The average molecular weight is 531 g/mol. The maximum absolute atomic E-state index is 12.4. The van der Waals surface area contributed by atoms with E-state index in [0.717, 1.165) is 23.0 Å². The Bertz CT molecular complexity index is 1530. The average Bonchev–Trinajstić information content (AvgIpc) is 3.25. The highest BCUT2D eigenvalue weighted by molar-refractivity contribution is 5.94. The summed E-state index contributed by atoms with van der Waals surface area (Å²) in [6, 6.07) is 11.1. The van der Waals surface area contributed by atoms with Gasteiger partial charge < -0.3 is 15.1 Å². The van der Waals surface area contributed by atoms with Crippen LogP contribution in [0.15, 0.2) is 42.6 Å². The molecule has 0 aliphatic rings. The zero-order valence-corrected chi connectivity index (χ0v) is 23.2. The summed E-state index contributed by atoms with van der Waals surface area (Å²) in [6.07, 6.45) is 2.23. The maximum Gasteiger partial charge on any atom is 0.294 e. The van der Waals surface area contributed by atoms with E-state index in [1.165, 1.54) is 6.07 Å². The summed E-state index contributed by atoms with van der Waals surface area (Å²) in [6.45, 7) is 5.12. The summed E-state index contributed by atoms with van der Waals surface area (Å²) < 4.78 is 1.78. The number of anilines is 3. The summed E-state index contributed by atoms with van der Waals surface area (Å²) >= 11 is 0. The Kier molecular flexibility index (Phi) is 8.20. The first-order valence-corrected chi connectivity index (χ1v) is 12.8. The molecule has 1 N–H and O–H groups in total. The number of carbonyl (C=O) groups is 1. The Morgan fingerprint density at radius 1 is 1.13 bits per heavy atom. The number of hydrogen-bond donors (Lipinski definition) is 1. The number of nitro benzene ring substituents is 1. The summed E-state index contributed by atoms with van der Waals surface area (Å²) in [4.78, 5) is 37.1. The molecule has 204 valence electrons. The molecule has 0 saturated heterocycles. The maximum atomic E-state index is 12.4. The fourth-order valence-corrected chi connectivity index (χ4v) is 4.39. The third kappa shape index (κ3) is 6.04. The molecule has 2 heterocycles. The zero-order chi connectivity index (χ0) is 28.3. The van der Waals surface area contributed by atoms with E-state index in [-0.39, 0.29) is 28.8 Å². The highest BCUT2D eigenvalue weighted by Gasteiger charge is 2.22. The van der Waals surface area contributed by atoms with E-state index in [1.807, 2.05) is 76.1 Å². The lowest BCUT2D eigenvalue weighted by Crippen LogP contribution is -2.29. The van der Waals surface area contributed by atoms with Crippen LogP contribution in [0, 0.1) is 17.0 Å². The first-order valence-electron chi connectivity index (χ1n) is 12.8. The van der Waals surface area contributed by atoms with E-state index >= 15 is 0 Å². The summed E-state index contributed by atoms with van der Waals surface area (Å²) in [5.74, 6) is 0.333. The SMILES string of the molecule is CCC(=O)Cc1cnc(Nc2cc([N+](=O)[O-])c(N(C)CCN(C)C)cc2C)nc1-c1nn(C)c2ccccc12. The molecule has 0 amide bonds. The summed E-state index contributed by atoms with van der Waals surface area (Å²) in [7, 11) is 7.64. The second kappa shape index (κ2) is 11.6. The molecule has 0 aliphatic heterocycles. The fourth-order valence-electron chi connectivity index (χ4n) is 4.39. The molecule has 4 aromatic rings. The second-order valence-corrected chi connectivity index (χ2v) is 9.89. The normalized spacial score (nSPS) is 11.3. The molecule has 2 aromatic carbocycles. The largest absolute Gasteiger partial charge is 0.368 e. The minimum absolute atomic E-state index is 0.00883. The number of nitro groups is 1. The summed E-state index contributed by atoms with van der Waals surface area (Å²) in [5.41, 5.74) is 4.69. The molecule has 39 heavy (non-hydrogen) atoms. The molecule has 0 saturated carbocycles. The van der Waals surface area contributed by atoms with Crippen LogP contribution in [0.5, 0.6) is 0 Å². The van der Waals surface area contributed by atoms with Crippen LogP contribution in [-0.4, -0.2) is 69.6 Å². The lowest BCUT2D eigenvalue weighted by Gasteiger charge is -2.22. The van der Waals surface area contributed by atoms with Crippen LogP contribution in [-0.2, 0) is 18.3 Å². The van der Waals surface area contributed by atoms with Crippen LogP contribution in [0.2, 0.25) is 0 Å². The van der Waals surface area contributed by atoms with Gasteiger partial charge in [0, 0.05) is 63.2 Å². The van der Waals surface area contributed by atoms with Gasteiger partial charge in [-0.25, -0.2) is 9.97 Å². The number of aromatic nitrogens is 4. The number of Topliss-reactive ketones (excluding diaryl/α,β-unsaturated/α-hetero) is 1. The number of ketones is 1. The predicted molar refractivity (Wildman–Crippen MR) is 154 cm³/mol. The molecule has 0 radical (unpaired) electrons. The van der Waals surface area contributed by atoms with Crippen LogP contribution in [0.4, 0.5) is 23.0 Å². The molecule has 0 atom stereocenters. The Morgan fingerprint density at radius 3 is 2.56 bits per heavy atom. The number of likely N-dealkylation sites (N-methyl/N-ethyl adjacent to an activating group) is 2. The lowest BCUT2D eigenvalue weighted by atomic mass is 10.0. The molecular weight excluding hydrogens is 496 g/mol. The molecule has 11 nitrogen and oxygen atoms in total. The van der Waals surface area contributed by atoms with E-state index < -0.39 is 0 Å².